The van der Waals surface area contributed by atoms with E-state index in [1.54, 1.807) is 16.6 Å². The molecule has 33 heavy (non-hydrogen) atoms. The number of benzene rings is 2. The Kier molecular flexibility index (Phi) is 6.95. The summed E-state index contributed by atoms with van der Waals surface area (Å²) in [4.78, 5) is 21.4. The predicted molar refractivity (Wildman–Crippen MR) is 128 cm³/mol. The molecule has 2 heterocycles. The molecule has 9 heteroatoms. The summed E-state index contributed by atoms with van der Waals surface area (Å²) < 4.78 is 15.9. The molecule has 0 fully saturated rings. The Morgan fingerprint density at radius 2 is 1.88 bits per heavy atom. The van der Waals surface area contributed by atoms with Crippen LogP contribution in [-0.4, -0.2) is 31.2 Å². The molecule has 0 spiro atoms. The van der Waals surface area contributed by atoms with Gasteiger partial charge in [0, 0.05) is 28.4 Å². The molecule has 4 aromatic rings. The molecule has 0 saturated carbocycles. The van der Waals surface area contributed by atoms with Crippen LogP contribution in [0, 0.1) is 19.7 Å². The van der Waals surface area contributed by atoms with Gasteiger partial charge in [-0.25, -0.2) is 13.9 Å². The number of amides is 1. The van der Waals surface area contributed by atoms with E-state index in [0.29, 0.717) is 27.9 Å². The molecule has 0 aliphatic rings. The minimum Gasteiger partial charge on any atom is -0.349 e. The largest absolute Gasteiger partial charge is 0.349 e. The summed E-state index contributed by atoms with van der Waals surface area (Å²) in [5.41, 5.74) is 3.84. The molecule has 2 aromatic carbocycles. The highest BCUT2D eigenvalue weighted by molar-refractivity contribution is 7.99. The van der Waals surface area contributed by atoms with E-state index in [1.165, 1.54) is 17.8 Å². The Morgan fingerprint density at radius 3 is 2.61 bits per heavy atom. The number of nitrogens with zero attached hydrogens (tertiary/aromatic N) is 4. The minimum absolute atomic E-state index is 0.0901. The third-order valence-electron chi connectivity index (χ3n) is 5.45. The van der Waals surface area contributed by atoms with Crippen molar-refractivity contribution in [1.29, 1.82) is 0 Å². The molecule has 0 aliphatic heterocycles. The van der Waals surface area contributed by atoms with Gasteiger partial charge in [0.25, 0.3) is 5.78 Å². The third-order valence-corrected chi connectivity index (χ3v) is 6.65. The number of fused-ring (bicyclic) bond motifs is 1. The van der Waals surface area contributed by atoms with Crippen molar-refractivity contribution in [1.82, 2.24) is 24.9 Å². The molecule has 0 bridgehead atoms. The standard InChI is InChI=1S/C24H23ClFN5OS/c1-14(17-8-5-4-6-9-17)27-22(32)13-33-24-29-23-28-15(2)18(16(3)31(23)30-24)12-19-20(25)10-7-11-21(19)26/h4-11,14H,12-13H2,1-3H3,(H,27,32)/t14-/m1/s1. The average molecular weight is 484 g/mol. The first kappa shape index (κ1) is 23.2. The van der Waals surface area contributed by atoms with E-state index in [2.05, 4.69) is 20.4 Å². The molecule has 6 nitrogen and oxygen atoms in total. The molecule has 0 radical (unpaired) electrons. The summed E-state index contributed by atoms with van der Waals surface area (Å²) in [6.07, 6.45) is 0.300. The van der Waals surface area contributed by atoms with Crippen LogP contribution in [0.4, 0.5) is 4.39 Å². The molecule has 4 rings (SSSR count). The van der Waals surface area contributed by atoms with E-state index >= 15 is 0 Å². The van der Waals surface area contributed by atoms with Gasteiger partial charge >= 0.3 is 0 Å². The van der Waals surface area contributed by atoms with Crippen LogP contribution >= 0.6 is 23.4 Å². The van der Waals surface area contributed by atoms with Crippen molar-refractivity contribution in [3.63, 3.8) is 0 Å². The lowest BCUT2D eigenvalue weighted by atomic mass is 10.0. The molecule has 2 aromatic heterocycles. The number of hydrogen-bond acceptors (Lipinski definition) is 5. The van der Waals surface area contributed by atoms with Crippen molar-refractivity contribution in [3.05, 3.63) is 87.4 Å². The van der Waals surface area contributed by atoms with Gasteiger partial charge in [-0.3, -0.25) is 4.79 Å². The van der Waals surface area contributed by atoms with Crippen LogP contribution in [-0.2, 0) is 11.2 Å². The van der Waals surface area contributed by atoms with Crippen LogP contribution in [0.25, 0.3) is 5.78 Å². The number of thioether (sulfide) groups is 1. The number of carbonyl (C=O) groups is 1. The molecule has 0 aliphatic carbocycles. The quantitative estimate of drug-likeness (QED) is 0.370. The first-order valence-electron chi connectivity index (χ1n) is 10.5. The summed E-state index contributed by atoms with van der Waals surface area (Å²) in [5, 5.41) is 8.32. The van der Waals surface area contributed by atoms with Crippen molar-refractivity contribution in [2.45, 2.75) is 38.4 Å². The Labute approximate surface area is 200 Å². The number of aryl methyl sites for hydroxylation is 2. The Balaban J connectivity index is 1.49. The maximum absolute atomic E-state index is 14.3. The molecular weight excluding hydrogens is 461 g/mol. The van der Waals surface area contributed by atoms with Gasteiger partial charge in [0.05, 0.1) is 11.8 Å². The third kappa shape index (κ3) is 5.17. The number of rotatable bonds is 7. The topological polar surface area (TPSA) is 72.2 Å². The zero-order chi connectivity index (χ0) is 23.5. The fourth-order valence-electron chi connectivity index (χ4n) is 3.62. The van der Waals surface area contributed by atoms with E-state index < -0.39 is 0 Å². The lowest BCUT2D eigenvalue weighted by Crippen LogP contribution is -2.28. The Bertz CT molecular complexity index is 1290. The zero-order valence-corrected chi connectivity index (χ0v) is 20.0. The van der Waals surface area contributed by atoms with E-state index in [0.717, 1.165) is 22.5 Å². The van der Waals surface area contributed by atoms with Crippen molar-refractivity contribution < 1.29 is 9.18 Å². The summed E-state index contributed by atoms with van der Waals surface area (Å²) in [6.45, 7) is 5.70. The van der Waals surface area contributed by atoms with E-state index in [1.807, 2.05) is 51.1 Å². The van der Waals surface area contributed by atoms with Crippen molar-refractivity contribution in [2.75, 3.05) is 5.75 Å². The van der Waals surface area contributed by atoms with Gasteiger partial charge in [0.2, 0.25) is 11.1 Å². The lowest BCUT2D eigenvalue weighted by molar-refractivity contribution is -0.119. The van der Waals surface area contributed by atoms with Crippen LogP contribution in [0.3, 0.4) is 0 Å². The summed E-state index contributed by atoms with van der Waals surface area (Å²) in [7, 11) is 0. The monoisotopic (exact) mass is 483 g/mol. The lowest BCUT2D eigenvalue weighted by Gasteiger charge is -2.13. The number of carbonyl (C=O) groups excluding carboxylic acids is 1. The molecule has 1 amide bonds. The van der Waals surface area contributed by atoms with E-state index in [4.69, 9.17) is 11.6 Å². The molecular formula is C24H23ClFN5OS. The van der Waals surface area contributed by atoms with Gasteiger partial charge in [0.15, 0.2) is 0 Å². The molecule has 0 unspecified atom stereocenters. The molecule has 1 atom stereocenters. The van der Waals surface area contributed by atoms with Gasteiger partial charge in [-0.1, -0.05) is 59.8 Å². The van der Waals surface area contributed by atoms with Crippen molar-refractivity contribution in [3.8, 4) is 0 Å². The highest BCUT2D eigenvalue weighted by Crippen LogP contribution is 2.26. The molecule has 1 N–H and O–H groups in total. The molecule has 0 saturated heterocycles. The van der Waals surface area contributed by atoms with Gasteiger partial charge in [-0.2, -0.15) is 4.98 Å². The maximum Gasteiger partial charge on any atom is 0.253 e. The van der Waals surface area contributed by atoms with Crippen LogP contribution in [0.1, 0.15) is 41.0 Å². The number of hydrogen-bond donors (Lipinski definition) is 1. The van der Waals surface area contributed by atoms with Crippen LogP contribution in [0.2, 0.25) is 5.02 Å². The second kappa shape index (κ2) is 9.89. The fraction of sp³-hybridized carbons (Fsp3) is 0.250. The van der Waals surface area contributed by atoms with Gasteiger partial charge in [-0.05, 0) is 44.0 Å². The Morgan fingerprint density at radius 1 is 1.12 bits per heavy atom. The highest BCUT2D eigenvalue weighted by atomic mass is 35.5. The zero-order valence-electron chi connectivity index (χ0n) is 18.5. The van der Waals surface area contributed by atoms with E-state index in [9.17, 15) is 9.18 Å². The fourth-order valence-corrected chi connectivity index (χ4v) is 4.48. The normalized spacial score (nSPS) is 12.2. The second-order valence-electron chi connectivity index (χ2n) is 7.73. The first-order chi connectivity index (χ1) is 15.8. The summed E-state index contributed by atoms with van der Waals surface area (Å²) >= 11 is 7.46. The van der Waals surface area contributed by atoms with E-state index in [-0.39, 0.29) is 23.5 Å². The smallest absolute Gasteiger partial charge is 0.253 e. The first-order valence-corrected chi connectivity index (χ1v) is 11.8. The van der Waals surface area contributed by atoms with Gasteiger partial charge < -0.3 is 5.32 Å². The van der Waals surface area contributed by atoms with Crippen molar-refractivity contribution in [2.24, 2.45) is 0 Å². The van der Waals surface area contributed by atoms with Crippen LogP contribution in [0.5, 0.6) is 0 Å². The number of aromatic nitrogens is 4. The number of nitrogens with one attached hydrogen (secondary N) is 1. The van der Waals surface area contributed by atoms with Crippen molar-refractivity contribution >= 4 is 35.0 Å². The molecule has 170 valence electrons. The second-order valence-corrected chi connectivity index (χ2v) is 9.08. The Hall–Kier alpha value is -2.97. The summed E-state index contributed by atoms with van der Waals surface area (Å²) in [5.74, 6) is 0.163. The van der Waals surface area contributed by atoms with Crippen LogP contribution < -0.4 is 5.32 Å². The van der Waals surface area contributed by atoms with Gasteiger partial charge in [-0.15, -0.1) is 5.10 Å². The average Bonchev–Trinajstić information content (AvgIpc) is 3.20. The minimum atomic E-state index is -0.355. The van der Waals surface area contributed by atoms with Gasteiger partial charge in [0.1, 0.15) is 5.82 Å². The predicted octanol–water partition coefficient (Wildman–Crippen LogP) is 5.09. The highest BCUT2D eigenvalue weighted by Gasteiger charge is 2.18. The number of halogens is 2. The maximum atomic E-state index is 14.3. The SMILES string of the molecule is Cc1nc2nc(SCC(=O)N[C@H](C)c3ccccc3)nn2c(C)c1Cc1c(F)cccc1Cl. The summed E-state index contributed by atoms with van der Waals surface area (Å²) in [6, 6.07) is 14.3. The van der Waals surface area contributed by atoms with Crippen LogP contribution in [0.15, 0.2) is 53.7 Å².